The Hall–Kier alpha value is -0.610. The number of nitrogens with zero attached hydrogens (tertiary/aromatic N) is 2. The largest absolute Gasteiger partial charge is 0.326 e. The molecular weight excluding hydrogens is 214 g/mol. The molecule has 1 rings (SSSR count). The predicted molar refractivity (Wildman–Crippen MR) is 70.8 cm³/mol. The first kappa shape index (κ1) is 14.5. The van der Waals surface area contributed by atoms with Crippen LogP contribution < -0.4 is 5.32 Å². The lowest BCUT2D eigenvalue weighted by atomic mass is 10.2. The van der Waals surface area contributed by atoms with Crippen LogP contribution in [0.1, 0.15) is 39.5 Å². The lowest BCUT2D eigenvalue weighted by Gasteiger charge is -2.24. The molecule has 0 aliphatic carbocycles. The van der Waals surface area contributed by atoms with Crippen molar-refractivity contribution in [3.8, 4) is 0 Å². The maximum atomic E-state index is 12.0. The second-order valence-corrected chi connectivity index (χ2v) is 5.23. The standard InChI is InChI=1S/C13H27N3O/c1-5-8-12-14-11(2)13(17)16(12)10-7-6-9-15(3)4/h11-12,14H,5-10H2,1-4H3. The van der Waals surface area contributed by atoms with Crippen LogP contribution in [0.2, 0.25) is 0 Å². The van der Waals surface area contributed by atoms with E-state index in [0.717, 1.165) is 38.8 Å². The lowest BCUT2D eigenvalue weighted by molar-refractivity contribution is -0.129. The average Bonchev–Trinajstić information content (AvgIpc) is 2.51. The molecule has 1 aliphatic rings. The fourth-order valence-electron chi connectivity index (χ4n) is 2.34. The van der Waals surface area contributed by atoms with Gasteiger partial charge in [0.1, 0.15) is 0 Å². The van der Waals surface area contributed by atoms with Crippen molar-refractivity contribution < 1.29 is 4.79 Å². The SMILES string of the molecule is CCCC1NC(C)C(=O)N1CCCCN(C)C. The topological polar surface area (TPSA) is 35.6 Å². The van der Waals surface area contributed by atoms with Crippen LogP contribution in [0.5, 0.6) is 0 Å². The maximum absolute atomic E-state index is 12.0. The van der Waals surface area contributed by atoms with Crippen LogP contribution in [0.4, 0.5) is 0 Å². The number of carbonyl (C=O) groups is 1. The summed E-state index contributed by atoms with van der Waals surface area (Å²) in [5.41, 5.74) is 0. The summed E-state index contributed by atoms with van der Waals surface area (Å²) in [5.74, 6) is 0.272. The minimum absolute atomic E-state index is 0.000369. The van der Waals surface area contributed by atoms with E-state index in [1.807, 2.05) is 11.8 Å². The normalized spacial score (nSPS) is 25.0. The van der Waals surface area contributed by atoms with Crippen molar-refractivity contribution >= 4 is 5.91 Å². The smallest absolute Gasteiger partial charge is 0.240 e. The molecule has 0 aromatic rings. The van der Waals surface area contributed by atoms with Gasteiger partial charge in [-0.3, -0.25) is 10.1 Å². The molecule has 0 radical (unpaired) electrons. The molecule has 1 N–H and O–H groups in total. The zero-order valence-corrected chi connectivity index (χ0v) is 11.7. The second kappa shape index (κ2) is 6.97. The number of nitrogens with one attached hydrogen (secondary N) is 1. The molecule has 2 atom stereocenters. The fourth-order valence-corrected chi connectivity index (χ4v) is 2.34. The summed E-state index contributed by atoms with van der Waals surface area (Å²) < 4.78 is 0. The number of carbonyl (C=O) groups excluding carboxylic acids is 1. The highest BCUT2D eigenvalue weighted by molar-refractivity contribution is 5.83. The summed E-state index contributed by atoms with van der Waals surface area (Å²) in [4.78, 5) is 16.2. The van der Waals surface area contributed by atoms with Crippen LogP contribution in [-0.2, 0) is 4.79 Å². The van der Waals surface area contributed by atoms with E-state index >= 15 is 0 Å². The zero-order valence-electron chi connectivity index (χ0n) is 11.7. The molecule has 17 heavy (non-hydrogen) atoms. The van der Waals surface area contributed by atoms with Gasteiger partial charge in [0.25, 0.3) is 0 Å². The van der Waals surface area contributed by atoms with Crippen molar-refractivity contribution in [2.45, 2.75) is 51.7 Å². The third-order valence-electron chi connectivity index (χ3n) is 3.29. The quantitative estimate of drug-likeness (QED) is 0.682. The minimum atomic E-state index is 0.000369. The Labute approximate surface area is 105 Å². The van der Waals surface area contributed by atoms with Crippen molar-refractivity contribution in [3.05, 3.63) is 0 Å². The number of amides is 1. The Morgan fingerprint density at radius 3 is 2.65 bits per heavy atom. The Bertz CT molecular complexity index is 243. The van der Waals surface area contributed by atoms with Gasteiger partial charge in [0.15, 0.2) is 0 Å². The molecule has 1 fully saturated rings. The third-order valence-corrected chi connectivity index (χ3v) is 3.29. The minimum Gasteiger partial charge on any atom is -0.326 e. The summed E-state index contributed by atoms with van der Waals surface area (Å²) in [7, 11) is 4.18. The third kappa shape index (κ3) is 4.28. The first-order chi connectivity index (χ1) is 8.06. The van der Waals surface area contributed by atoms with Crippen LogP contribution in [0.3, 0.4) is 0 Å². The average molecular weight is 241 g/mol. The highest BCUT2D eigenvalue weighted by Gasteiger charge is 2.34. The van der Waals surface area contributed by atoms with Crippen molar-refractivity contribution in [1.82, 2.24) is 15.1 Å². The summed E-state index contributed by atoms with van der Waals surface area (Å²) in [5, 5.41) is 3.37. The number of hydrogen-bond acceptors (Lipinski definition) is 3. The summed E-state index contributed by atoms with van der Waals surface area (Å²) in [6, 6.07) is 0.000369. The Balaban J connectivity index is 2.35. The van der Waals surface area contributed by atoms with Gasteiger partial charge < -0.3 is 9.80 Å². The maximum Gasteiger partial charge on any atom is 0.240 e. The van der Waals surface area contributed by atoms with E-state index < -0.39 is 0 Å². The van der Waals surface area contributed by atoms with E-state index in [1.54, 1.807) is 0 Å². The predicted octanol–water partition coefficient (Wildman–Crippen LogP) is 1.27. The van der Waals surface area contributed by atoms with E-state index in [9.17, 15) is 4.79 Å². The molecule has 0 spiro atoms. The van der Waals surface area contributed by atoms with Gasteiger partial charge in [-0.1, -0.05) is 13.3 Å². The van der Waals surface area contributed by atoms with E-state index in [4.69, 9.17) is 0 Å². The molecule has 100 valence electrons. The molecule has 1 aliphatic heterocycles. The van der Waals surface area contributed by atoms with Gasteiger partial charge in [-0.2, -0.15) is 0 Å². The molecule has 0 aromatic carbocycles. The Morgan fingerprint density at radius 1 is 1.35 bits per heavy atom. The van der Waals surface area contributed by atoms with Gasteiger partial charge in [-0.25, -0.2) is 0 Å². The van der Waals surface area contributed by atoms with Crippen LogP contribution in [0.15, 0.2) is 0 Å². The molecule has 1 heterocycles. The Morgan fingerprint density at radius 2 is 2.06 bits per heavy atom. The zero-order chi connectivity index (χ0) is 12.8. The van der Waals surface area contributed by atoms with Crippen molar-refractivity contribution in [1.29, 1.82) is 0 Å². The molecule has 0 saturated carbocycles. The highest BCUT2D eigenvalue weighted by atomic mass is 16.2. The molecule has 1 saturated heterocycles. The first-order valence-corrected chi connectivity index (χ1v) is 6.77. The molecule has 2 unspecified atom stereocenters. The highest BCUT2D eigenvalue weighted by Crippen LogP contribution is 2.15. The molecular formula is C13H27N3O. The van der Waals surface area contributed by atoms with Gasteiger partial charge in [0, 0.05) is 6.54 Å². The monoisotopic (exact) mass is 241 g/mol. The number of unbranched alkanes of at least 4 members (excludes halogenated alkanes) is 1. The van der Waals surface area contributed by atoms with Crippen LogP contribution >= 0.6 is 0 Å². The first-order valence-electron chi connectivity index (χ1n) is 6.77. The number of rotatable bonds is 7. The lowest BCUT2D eigenvalue weighted by Crippen LogP contribution is -2.38. The van der Waals surface area contributed by atoms with E-state index in [2.05, 4.69) is 31.2 Å². The van der Waals surface area contributed by atoms with Gasteiger partial charge in [-0.05, 0) is 46.8 Å². The van der Waals surface area contributed by atoms with Crippen LogP contribution in [0, 0.1) is 0 Å². The van der Waals surface area contributed by atoms with Gasteiger partial charge in [-0.15, -0.1) is 0 Å². The van der Waals surface area contributed by atoms with Crippen LogP contribution in [-0.4, -0.2) is 55.1 Å². The molecule has 4 heteroatoms. The van der Waals surface area contributed by atoms with Gasteiger partial charge >= 0.3 is 0 Å². The Kier molecular flexibility index (Phi) is 5.92. The van der Waals surface area contributed by atoms with Gasteiger partial charge in [0.05, 0.1) is 12.2 Å². The molecule has 4 nitrogen and oxygen atoms in total. The molecule has 1 amide bonds. The van der Waals surface area contributed by atoms with Crippen LogP contribution in [0.25, 0.3) is 0 Å². The van der Waals surface area contributed by atoms with Crippen molar-refractivity contribution in [2.24, 2.45) is 0 Å². The second-order valence-electron chi connectivity index (χ2n) is 5.23. The van der Waals surface area contributed by atoms with Gasteiger partial charge in [0.2, 0.25) is 5.91 Å². The molecule has 0 aromatic heterocycles. The van der Waals surface area contributed by atoms with Crippen molar-refractivity contribution in [2.75, 3.05) is 27.2 Å². The summed E-state index contributed by atoms with van der Waals surface area (Å²) in [6.07, 6.45) is 4.69. The summed E-state index contributed by atoms with van der Waals surface area (Å²) >= 11 is 0. The summed E-state index contributed by atoms with van der Waals surface area (Å²) in [6.45, 7) is 6.13. The fraction of sp³-hybridized carbons (Fsp3) is 0.923. The van der Waals surface area contributed by atoms with E-state index in [1.165, 1.54) is 0 Å². The van der Waals surface area contributed by atoms with E-state index in [-0.39, 0.29) is 18.1 Å². The van der Waals surface area contributed by atoms with E-state index in [0.29, 0.717) is 0 Å². The number of hydrogen-bond donors (Lipinski definition) is 1. The molecule has 0 bridgehead atoms. The van der Waals surface area contributed by atoms with Crippen molar-refractivity contribution in [3.63, 3.8) is 0 Å².